The zero-order valence-electron chi connectivity index (χ0n) is 15.7. The second kappa shape index (κ2) is 9.13. The maximum Gasteiger partial charge on any atom is 0.122 e. The second-order valence-electron chi connectivity index (χ2n) is 6.40. The van der Waals surface area contributed by atoms with Crippen molar-refractivity contribution in [1.82, 2.24) is 35.8 Å². The number of hydrogen-bond donors (Lipinski definition) is 3. The highest BCUT2D eigenvalue weighted by atomic mass is 35.5. The zero-order chi connectivity index (χ0) is 20.1. The number of nitrogens with one attached hydrogen (secondary N) is 3. The summed E-state index contributed by atoms with van der Waals surface area (Å²) in [5, 5.41) is 15.5. The molecule has 0 bridgehead atoms. The minimum Gasteiger partial charge on any atom is -0.378 e. The van der Waals surface area contributed by atoms with Gasteiger partial charge in [0.2, 0.25) is 0 Å². The van der Waals surface area contributed by atoms with Crippen LogP contribution in [0.2, 0.25) is 4.34 Å². The Hall–Kier alpha value is -2.81. The molecule has 0 amide bonds. The first-order valence-electron chi connectivity index (χ1n) is 9.18. The summed E-state index contributed by atoms with van der Waals surface area (Å²) < 4.78 is 0.633. The molecule has 4 aromatic rings. The van der Waals surface area contributed by atoms with Crippen molar-refractivity contribution in [3.8, 4) is 0 Å². The summed E-state index contributed by atoms with van der Waals surface area (Å²) in [5.41, 5.74) is 4.22. The number of hydrogen-bond acceptors (Lipinski definition) is 7. The number of fused-ring (bicyclic) bond motifs is 1. The summed E-state index contributed by atoms with van der Waals surface area (Å²) in [7, 11) is 0. The maximum atomic E-state index is 6.37. The highest BCUT2D eigenvalue weighted by molar-refractivity contribution is 7.16. The van der Waals surface area contributed by atoms with E-state index in [9.17, 15) is 0 Å². The summed E-state index contributed by atoms with van der Waals surface area (Å²) in [5.74, 6) is 0.922. The number of aromatic amines is 1. The minimum atomic E-state index is 0.523. The van der Waals surface area contributed by atoms with Gasteiger partial charge < -0.3 is 15.6 Å². The maximum absolute atomic E-state index is 6.37. The van der Waals surface area contributed by atoms with Gasteiger partial charge in [-0.2, -0.15) is 10.2 Å². The Labute approximate surface area is 177 Å². The van der Waals surface area contributed by atoms with E-state index < -0.39 is 0 Å². The molecule has 0 unspecified atom stereocenters. The summed E-state index contributed by atoms with van der Waals surface area (Å²) >= 11 is 7.84. The molecule has 29 heavy (non-hydrogen) atoms. The van der Waals surface area contributed by atoms with Crippen molar-refractivity contribution in [2.45, 2.75) is 19.5 Å². The van der Waals surface area contributed by atoms with E-state index in [0.717, 1.165) is 40.5 Å². The molecule has 0 radical (unpaired) electrons. The standard InChI is InChI=1S/C20H20ClN7S/c1-13(23-11-14-5-4-9-24-28-14)19-20(21)29-18(27-19)8-10-22-12-17-25-15-6-2-3-7-16(15)26-17/h2-7,9,22-23H,1,8,10-12H2,(H,25,26). The Morgan fingerprint density at radius 1 is 1.14 bits per heavy atom. The van der Waals surface area contributed by atoms with E-state index in [2.05, 4.69) is 42.4 Å². The smallest absolute Gasteiger partial charge is 0.122 e. The minimum absolute atomic E-state index is 0.523. The number of halogens is 1. The monoisotopic (exact) mass is 425 g/mol. The number of imidazole rings is 1. The third-order valence-electron chi connectivity index (χ3n) is 4.27. The number of nitrogens with zero attached hydrogens (tertiary/aromatic N) is 4. The van der Waals surface area contributed by atoms with Gasteiger partial charge in [0.15, 0.2) is 0 Å². The van der Waals surface area contributed by atoms with E-state index in [0.29, 0.717) is 28.8 Å². The number of rotatable bonds is 9. The molecule has 9 heteroatoms. The SMILES string of the molecule is C=C(NCc1cccnn1)c1nc(CCNCc2nc3ccccc3[nH]2)sc1Cl. The normalized spacial score (nSPS) is 11.1. The lowest BCUT2D eigenvalue weighted by Crippen LogP contribution is -2.17. The molecule has 0 aliphatic heterocycles. The Morgan fingerprint density at radius 3 is 2.86 bits per heavy atom. The quantitative estimate of drug-likeness (QED) is 0.355. The summed E-state index contributed by atoms with van der Waals surface area (Å²) in [6.07, 6.45) is 2.42. The third kappa shape index (κ3) is 4.97. The molecule has 3 N–H and O–H groups in total. The molecule has 4 rings (SSSR count). The first-order valence-corrected chi connectivity index (χ1v) is 10.4. The van der Waals surface area contributed by atoms with Gasteiger partial charge in [-0.15, -0.1) is 11.3 Å². The largest absolute Gasteiger partial charge is 0.378 e. The lowest BCUT2D eigenvalue weighted by atomic mass is 10.3. The number of benzene rings is 1. The van der Waals surface area contributed by atoms with Crippen molar-refractivity contribution >= 4 is 39.7 Å². The highest BCUT2D eigenvalue weighted by Gasteiger charge is 2.12. The fourth-order valence-corrected chi connectivity index (χ4v) is 4.07. The molecule has 148 valence electrons. The van der Waals surface area contributed by atoms with Crippen LogP contribution in [0.1, 0.15) is 22.2 Å². The Bertz CT molecular complexity index is 1070. The van der Waals surface area contributed by atoms with Crippen LogP contribution in [0.3, 0.4) is 0 Å². The molecular weight excluding hydrogens is 406 g/mol. The Morgan fingerprint density at radius 2 is 2.03 bits per heavy atom. The average molecular weight is 426 g/mol. The van der Waals surface area contributed by atoms with E-state index in [-0.39, 0.29) is 0 Å². The van der Waals surface area contributed by atoms with E-state index in [1.165, 1.54) is 11.3 Å². The molecular formula is C20H20ClN7S. The van der Waals surface area contributed by atoms with Gasteiger partial charge in [0.1, 0.15) is 15.9 Å². The second-order valence-corrected chi connectivity index (χ2v) is 8.09. The lowest BCUT2D eigenvalue weighted by molar-refractivity contribution is 0.665. The van der Waals surface area contributed by atoms with E-state index in [1.807, 2.05) is 36.4 Å². The Kier molecular flexibility index (Phi) is 6.14. The van der Waals surface area contributed by atoms with Gasteiger partial charge in [0.05, 0.1) is 40.5 Å². The first-order chi connectivity index (χ1) is 14.2. The van der Waals surface area contributed by atoms with Crippen molar-refractivity contribution < 1.29 is 0 Å². The predicted octanol–water partition coefficient (Wildman–Crippen LogP) is 3.56. The van der Waals surface area contributed by atoms with Gasteiger partial charge in [-0.3, -0.25) is 0 Å². The van der Waals surface area contributed by atoms with Gasteiger partial charge in [0, 0.05) is 19.2 Å². The molecule has 0 saturated carbocycles. The van der Waals surface area contributed by atoms with E-state index >= 15 is 0 Å². The third-order valence-corrected chi connectivity index (χ3v) is 5.59. The van der Waals surface area contributed by atoms with Crippen LogP contribution in [0.5, 0.6) is 0 Å². The summed E-state index contributed by atoms with van der Waals surface area (Å²) in [6, 6.07) is 11.8. The van der Waals surface area contributed by atoms with Gasteiger partial charge in [-0.25, -0.2) is 9.97 Å². The molecule has 0 atom stereocenters. The molecule has 3 aromatic heterocycles. The fourth-order valence-electron chi connectivity index (χ4n) is 2.84. The van der Waals surface area contributed by atoms with Crippen molar-refractivity contribution in [3.63, 3.8) is 0 Å². The van der Waals surface area contributed by atoms with Gasteiger partial charge in [-0.1, -0.05) is 30.3 Å². The van der Waals surface area contributed by atoms with Gasteiger partial charge in [0.25, 0.3) is 0 Å². The molecule has 0 aliphatic carbocycles. The van der Waals surface area contributed by atoms with E-state index in [4.69, 9.17) is 11.6 Å². The molecule has 0 spiro atoms. The highest BCUT2D eigenvalue weighted by Crippen LogP contribution is 2.28. The number of para-hydroxylation sites is 2. The summed E-state index contributed by atoms with van der Waals surface area (Å²) in [6.45, 7) is 6.02. The number of thiazole rings is 1. The van der Waals surface area contributed by atoms with Gasteiger partial charge >= 0.3 is 0 Å². The molecule has 0 aliphatic rings. The van der Waals surface area contributed by atoms with Crippen LogP contribution in [0, 0.1) is 0 Å². The van der Waals surface area contributed by atoms with Crippen molar-refractivity contribution in [3.05, 3.63) is 75.7 Å². The lowest BCUT2D eigenvalue weighted by Gasteiger charge is -2.06. The number of H-pyrrole nitrogens is 1. The zero-order valence-corrected chi connectivity index (χ0v) is 17.2. The Balaban J connectivity index is 1.27. The molecule has 0 fully saturated rings. The van der Waals surface area contributed by atoms with Crippen molar-refractivity contribution in [2.24, 2.45) is 0 Å². The van der Waals surface area contributed by atoms with Crippen molar-refractivity contribution in [2.75, 3.05) is 6.54 Å². The van der Waals surface area contributed by atoms with Crippen LogP contribution >= 0.6 is 22.9 Å². The van der Waals surface area contributed by atoms with Crippen LogP contribution in [-0.2, 0) is 19.5 Å². The topological polar surface area (TPSA) is 91.4 Å². The van der Waals surface area contributed by atoms with E-state index in [1.54, 1.807) is 6.20 Å². The van der Waals surface area contributed by atoms with Gasteiger partial charge in [-0.05, 0) is 24.3 Å². The summed E-state index contributed by atoms with van der Waals surface area (Å²) in [4.78, 5) is 12.5. The van der Waals surface area contributed by atoms with Crippen LogP contribution < -0.4 is 10.6 Å². The average Bonchev–Trinajstić information content (AvgIpc) is 3.33. The van der Waals surface area contributed by atoms with Crippen LogP contribution in [0.15, 0.2) is 49.2 Å². The van der Waals surface area contributed by atoms with Crippen molar-refractivity contribution in [1.29, 1.82) is 0 Å². The predicted molar refractivity (Wildman–Crippen MR) is 117 cm³/mol. The first kappa shape index (κ1) is 19.5. The molecule has 3 heterocycles. The molecule has 7 nitrogen and oxygen atoms in total. The number of aromatic nitrogens is 5. The van der Waals surface area contributed by atoms with Crippen LogP contribution in [-0.4, -0.2) is 31.7 Å². The van der Waals surface area contributed by atoms with Crippen LogP contribution in [0.4, 0.5) is 0 Å². The fraction of sp³-hybridized carbons (Fsp3) is 0.200. The van der Waals surface area contributed by atoms with Crippen LogP contribution in [0.25, 0.3) is 16.7 Å². The molecule has 0 saturated heterocycles. The molecule has 1 aromatic carbocycles.